The largest absolute Gasteiger partial charge is 0.494 e. The van der Waals surface area contributed by atoms with Gasteiger partial charge >= 0.3 is 0 Å². The van der Waals surface area contributed by atoms with Gasteiger partial charge in [-0.15, -0.1) is 0 Å². The Hall–Kier alpha value is -3.21. The minimum Gasteiger partial charge on any atom is -0.494 e. The van der Waals surface area contributed by atoms with Crippen LogP contribution in [0.25, 0.3) is 16.5 Å². The molecular formula is C23H24N2O3. The van der Waals surface area contributed by atoms with Gasteiger partial charge in [-0.2, -0.15) is 0 Å². The standard InChI is InChI=1S/C23H24N2O3/c1-2-27-18-7-9-19(10-8-18)28-16-23(26)25-13-11-17(12-14-25)21-15-24-22-6-4-3-5-20(21)22/h3-11,15,24H,2,12-14,16H2,1H3. The van der Waals surface area contributed by atoms with Crippen LogP contribution in [0.3, 0.4) is 0 Å². The predicted octanol–water partition coefficient (Wildman–Crippen LogP) is 4.26. The van der Waals surface area contributed by atoms with Crippen molar-refractivity contribution in [3.8, 4) is 11.5 Å². The molecule has 5 nitrogen and oxygen atoms in total. The number of nitrogens with one attached hydrogen (secondary N) is 1. The van der Waals surface area contributed by atoms with E-state index in [2.05, 4.69) is 35.5 Å². The minimum absolute atomic E-state index is 0.00288. The number of aromatic amines is 1. The van der Waals surface area contributed by atoms with Gasteiger partial charge in [0.05, 0.1) is 6.61 Å². The average Bonchev–Trinajstić information content (AvgIpc) is 3.17. The van der Waals surface area contributed by atoms with E-state index in [0.717, 1.165) is 17.7 Å². The summed E-state index contributed by atoms with van der Waals surface area (Å²) in [6.07, 6.45) is 5.05. The Bertz CT molecular complexity index is 989. The van der Waals surface area contributed by atoms with Crippen LogP contribution >= 0.6 is 0 Å². The number of ether oxygens (including phenoxy) is 2. The van der Waals surface area contributed by atoms with E-state index in [1.807, 2.05) is 42.2 Å². The van der Waals surface area contributed by atoms with Crippen molar-refractivity contribution < 1.29 is 14.3 Å². The summed E-state index contributed by atoms with van der Waals surface area (Å²) in [4.78, 5) is 17.6. The van der Waals surface area contributed by atoms with Crippen LogP contribution in [0.15, 0.2) is 60.8 Å². The molecule has 3 aromatic rings. The Morgan fingerprint density at radius 1 is 1.07 bits per heavy atom. The smallest absolute Gasteiger partial charge is 0.260 e. The molecule has 0 unspecified atom stereocenters. The van der Waals surface area contributed by atoms with Gasteiger partial charge in [0.1, 0.15) is 11.5 Å². The van der Waals surface area contributed by atoms with E-state index in [1.54, 1.807) is 0 Å². The van der Waals surface area contributed by atoms with Crippen molar-refractivity contribution in [3.63, 3.8) is 0 Å². The highest BCUT2D eigenvalue weighted by molar-refractivity contribution is 5.93. The fourth-order valence-electron chi connectivity index (χ4n) is 3.51. The van der Waals surface area contributed by atoms with Crippen LogP contribution in [0, 0.1) is 0 Å². The molecule has 0 saturated heterocycles. The van der Waals surface area contributed by atoms with Crippen molar-refractivity contribution in [2.75, 3.05) is 26.3 Å². The third-order valence-corrected chi connectivity index (χ3v) is 4.99. The zero-order valence-electron chi connectivity index (χ0n) is 16.0. The number of H-pyrrole nitrogens is 1. The molecule has 0 fully saturated rings. The Kier molecular flexibility index (Phi) is 5.33. The van der Waals surface area contributed by atoms with Crippen LogP contribution in [0.2, 0.25) is 0 Å². The summed E-state index contributed by atoms with van der Waals surface area (Å²) in [5.41, 5.74) is 3.66. The molecule has 1 aliphatic rings. The van der Waals surface area contributed by atoms with Gasteiger partial charge in [-0.3, -0.25) is 4.79 Å². The fourth-order valence-corrected chi connectivity index (χ4v) is 3.51. The number of benzene rings is 2. The minimum atomic E-state index is 0.00288. The van der Waals surface area contributed by atoms with Crippen molar-refractivity contribution in [2.45, 2.75) is 13.3 Å². The second kappa shape index (κ2) is 8.21. The van der Waals surface area contributed by atoms with Crippen molar-refractivity contribution >= 4 is 22.4 Å². The summed E-state index contributed by atoms with van der Waals surface area (Å²) >= 11 is 0. The third-order valence-electron chi connectivity index (χ3n) is 4.99. The maximum absolute atomic E-state index is 12.5. The summed E-state index contributed by atoms with van der Waals surface area (Å²) in [7, 11) is 0. The second-order valence-corrected chi connectivity index (χ2v) is 6.76. The molecule has 2 heterocycles. The highest BCUT2D eigenvalue weighted by Gasteiger charge is 2.19. The molecule has 1 aliphatic heterocycles. The van der Waals surface area contributed by atoms with Crippen LogP contribution in [0.1, 0.15) is 18.9 Å². The van der Waals surface area contributed by atoms with Crippen molar-refractivity contribution in [1.29, 1.82) is 0 Å². The Morgan fingerprint density at radius 3 is 2.54 bits per heavy atom. The van der Waals surface area contributed by atoms with Gasteiger partial charge < -0.3 is 19.4 Å². The molecule has 144 valence electrons. The molecule has 0 aliphatic carbocycles. The first kappa shape index (κ1) is 18.2. The maximum atomic E-state index is 12.5. The maximum Gasteiger partial charge on any atom is 0.260 e. The van der Waals surface area contributed by atoms with E-state index in [9.17, 15) is 4.79 Å². The van der Waals surface area contributed by atoms with E-state index < -0.39 is 0 Å². The first-order valence-corrected chi connectivity index (χ1v) is 9.63. The molecule has 0 spiro atoms. The van der Waals surface area contributed by atoms with E-state index in [-0.39, 0.29) is 12.5 Å². The number of fused-ring (bicyclic) bond motifs is 1. The third kappa shape index (κ3) is 3.88. The zero-order valence-corrected chi connectivity index (χ0v) is 16.0. The van der Waals surface area contributed by atoms with Gasteiger partial charge in [0, 0.05) is 35.8 Å². The summed E-state index contributed by atoms with van der Waals surface area (Å²) in [5, 5.41) is 1.23. The van der Waals surface area contributed by atoms with E-state index in [0.29, 0.717) is 25.4 Å². The molecule has 1 N–H and O–H groups in total. The molecule has 1 amide bonds. The van der Waals surface area contributed by atoms with Gasteiger partial charge in [0.2, 0.25) is 0 Å². The van der Waals surface area contributed by atoms with Crippen LogP contribution in [-0.4, -0.2) is 42.1 Å². The lowest BCUT2D eigenvalue weighted by Gasteiger charge is -2.26. The fraction of sp³-hybridized carbons (Fsp3) is 0.261. The molecule has 0 bridgehead atoms. The number of hydrogen-bond acceptors (Lipinski definition) is 3. The number of carbonyl (C=O) groups is 1. The van der Waals surface area contributed by atoms with Crippen molar-refractivity contribution in [1.82, 2.24) is 9.88 Å². The van der Waals surface area contributed by atoms with E-state index >= 15 is 0 Å². The summed E-state index contributed by atoms with van der Waals surface area (Å²) in [6, 6.07) is 15.6. The number of amides is 1. The number of carbonyl (C=O) groups excluding carboxylic acids is 1. The number of para-hydroxylation sites is 1. The molecule has 28 heavy (non-hydrogen) atoms. The predicted molar refractivity (Wildman–Crippen MR) is 111 cm³/mol. The van der Waals surface area contributed by atoms with Gasteiger partial charge in [-0.25, -0.2) is 0 Å². The summed E-state index contributed by atoms with van der Waals surface area (Å²) in [6.45, 7) is 3.93. The highest BCUT2D eigenvalue weighted by Crippen LogP contribution is 2.29. The lowest BCUT2D eigenvalue weighted by Crippen LogP contribution is -2.37. The zero-order chi connectivity index (χ0) is 19.3. The van der Waals surface area contributed by atoms with Crippen LogP contribution in [0.4, 0.5) is 0 Å². The monoisotopic (exact) mass is 376 g/mol. The van der Waals surface area contributed by atoms with Gasteiger partial charge in [0.25, 0.3) is 5.91 Å². The first-order valence-electron chi connectivity index (χ1n) is 9.63. The van der Waals surface area contributed by atoms with E-state index in [1.165, 1.54) is 16.5 Å². The molecule has 4 rings (SSSR count). The Balaban J connectivity index is 1.34. The molecule has 1 aromatic heterocycles. The molecule has 0 saturated carbocycles. The van der Waals surface area contributed by atoms with Crippen LogP contribution < -0.4 is 9.47 Å². The molecule has 0 atom stereocenters. The highest BCUT2D eigenvalue weighted by atomic mass is 16.5. The molecule has 5 heteroatoms. The lowest BCUT2D eigenvalue weighted by molar-refractivity contribution is -0.132. The van der Waals surface area contributed by atoms with Crippen molar-refractivity contribution in [3.05, 3.63) is 66.4 Å². The summed E-state index contributed by atoms with van der Waals surface area (Å²) < 4.78 is 11.0. The quantitative estimate of drug-likeness (QED) is 0.699. The molecular weight excluding hydrogens is 352 g/mol. The van der Waals surface area contributed by atoms with Crippen LogP contribution in [-0.2, 0) is 4.79 Å². The van der Waals surface area contributed by atoms with Crippen molar-refractivity contribution in [2.24, 2.45) is 0 Å². The topological polar surface area (TPSA) is 54.6 Å². The Morgan fingerprint density at radius 2 is 1.82 bits per heavy atom. The molecule has 2 aromatic carbocycles. The van der Waals surface area contributed by atoms with Crippen LogP contribution in [0.5, 0.6) is 11.5 Å². The number of nitrogens with zero attached hydrogens (tertiary/aromatic N) is 1. The Labute approximate surface area is 164 Å². The van der Waals surface area contributed by atoms with Gasteiger partial charge in [0.15, 0.2) is 6.61 Å². The number of aromatic nitrogens is 1. The first-order chi connectivity index (χ1) is 13.7. The number of rotatable bonds is 6. The second-order valence-electron chi connectivity index (χ2n) is 6.76. The van der Waals surface area contributed by atoms with E-state index in [4.69, 9.17) is 9.47 Å². The molecule has 0 radical (unpaired) electrons. The van der Waals surface area contributed by atoms with Gasteiger partial charge in [-0.1, -0.05) is 24.3 Å². The number of hydrogen-bond donors (Lipinski definition) is 1. The normalized spacial score (nSPS) is 14.0. The SMILES string of the molecule is CCOc1ccc(OCC(=O)N2CC=C(c3c[nH]c4ccccc34)CC2)cc1. The summed E-state index contributed by atoms with van der Waals surface area (Å²) in [5.74, 6) is 1.47. The van der Waals surface area contributed by atoms with Gasteiger partial charge in [-0.05, 0) is 49.2 Å². The lowest BCUT2D eigenvalue weighted by atomic mass is 9.99. The average molecular weight is 376 g/mol.